The van der Waals surface area contributed by atoms with Crippen LogP contribution in [0.3, 0.4) is 0 Å². The number of nitrogens with zero attached hydrogens (tertiary/aromatic N) is 2. The number of aliphatic hydroxyl groups excluding tert-OH is 2. The zero-order chi connectivity index (χ0) is 11.3. The number of nitriles is 1. The molecule has 0 aromatic carbocycles. The van der Waals surface area contributed by atoms with Crippen molar-refractivity contribution in [2.45, 2.75) is 18.6 Å². The van der Waals surface area contributed by atoms with Gasteiger partial charge in [0, 0.05) is 17.6 Å². The third-order valence-corrected chi connectivity index (χ3v) is 2.23. The van der Waals surface area contributed by atoms with Crippen molar-refractivity contribution in [3.8, 4) is 6.07 Å². The van der Waals surface area contributed by atoms with Crippen LogP contribution in [0.4, 0.5) is 0 Å². The van der Waals surface area contributed by atoms with Crippen molar-refractivity contribution >= 4 is 11.6 Å². The number of alkyl halides is 1. The number of halogens is 1. The molecular formula is C10H11ClN2O2. The van der Waals surface area contributed by atoms with Crippen molar-refractivity contribution in [3.63, 3.8) is 0 Å². The van der Waals surface area contributed by atoms with Gasteiger partial charge in [-0.2, -0.15) is 5.26 Å². The summed E-state index contributed by atoms with van der Waals surface area (Å²) in [5, 5.41) is 27.6. The number of aliphatic hydroxyl groups is 2. The summed E-state index contributed by atoms with van der Waals surface area (Å²) in [6, 6.07) is 4.93. The normalized spacial score (nSPS) is 14.3. The van der Waals surface area contributed by atoms with Crippen LogP contribution in [0.15, 0.2) is 18.3 Å². The monoisotopic (exact) mass is 226 g/mol. The number of rotatable bonds is 4. The first kappa shape index (κ1) is 11.9. The molecule has 1 aromatic rings. The maximum Gasteiger partial charge on any atom is 0.140 e. The van der Waals surface area contributed by atoms with Crippen LogP contribution in [0.25, 0.3) is 0 Å². The molecule has 0 aliphatic rings. The van der Waals surface area contributed by atoms with Gasteiger partial charge in [-0.25, -0.2) is 4.98 Å². The molecular weight excluding hydrogens is 216 g/mol. The van der Waals surface area contributed by atoms with Crippen molar-refractivity contribution in [1.29, 1.82) is 5.26 Å². The topological polar surface area (TPSA) is 77.1 Å². The summed E-state index contributed by atoms with van der Waals surface area (Å²) in [5.74, 6) is 0.280. The van der Waals surface area contributed by atoms with E-state index >= 15 is 0 Å². The first-order valence-corrected chi connectivity index (χ1v) is 5.00. The molecule has 0 bridgehead atoms. The molecule has 1 heterocycles. The van der Waals surface area contributed by atoms with Gasteiger partial charge < -0.3 is 10.2 Å². The Morgan fingerprint density at radius 2 is 2.20 bits per heavy atom. The largest absolute Gasteiger partial charge is 0.390 e. The molecule has 15 heavy (non-hydrogen) atoms. The summed E-state index contributed by atoms with van der Waals surface area (Å²) in [6.45, 7) is 0. The van der Waals surface area contributed by atoms with Gasteiger partial charge in [-0.05, 0) is 12.5 Å². The Kier molecular flexibility index (Phi) is 4.50. The Balaban J connectivity index is 2.74. The van der Waals surface area contributed by atoms with Gasteiger partial charge in [0.25, 0.3) is 0 Å². The minimum Gasteiger partial charge on any atom is -0.390 e. The molecule has 0 saturated heterocycles. The van der Waals surface area contributed by atoms with Gasteiger partial charge >= 0.3 is 0 Å². The summed E-state index contributed by atoms with van der Waals surface area (Å²) in [6.07, 6.45) is -0.232. The molecule has 0 saturated carbocycles. The fraction of sp³-hybridized carbons (Fsp3) is 0.400. The van der Waals surface area contributed by atoms with Gasteiger partial charge in [0.1, 0.15) is 17.9 Å². The molecule has 2 unspecified atom stereocenters. The summed E-state index contributed by atoms with van der Waals surface area (Å²) in [5.41, 5.74) is 0.754. The lowest BCUT2D eigenvalue weighted by Crippen LogP contribution is -2.18. The molecule has 80 valence electrons. The van der Waals surface area contributed by atoms with Crippen LogP contribution < -0.4 is 0 Å². The highest BCUT2D eigenvalue weighted by atomic mass is 35.5. The highest BCUT2D eigenvalue weighted by molar-refractivity contribution is 6.17. The molecule has 0 aliphatic heterocycles. The lowest BCUT2D eigenvalue weighted by molar-refractivity contribution is 0.0168. The van der Waals surface area contributed by atoms with E-state index in [1.54, 1.807) is 6.07 Å². The summed E-state index contributed by atoms with van der Waals surface area (Å²) < 4.78 is 0. The average molecular weight is 227 g/mol. The van der Waals surface area contributed by atoms with Crippen LogP contribution in [-0.4, -0.2) is 27.2 Å². The Labute approximate surface area is 92.8 Å². The molecule has 1 aromatic heterocycles. The molecule has 0 fully saturated rings. The van der Waals surface area contributed by atoms with E-state index in [-0.39, 0.29) is 11.6 Å². The summed E-state index contributed by atoms with van der Waals surface area (Å²) in [7, 11) is 0. The van der Waals surface area contributed by atoms with Gasteiger partial charge in [0.05, 0.1) is 6.10 Å². The van der Waals surface area contributed by atoms with Crippen LogP contribution in [-0.2, 0) is 0 Å². The van der Waals surface area contributed by atoms with Crippen LogP contribution in [0.1, 0.15) is 23.8 Å². The molecule has 0 radical (unpaired) electrons. The summed E-state index contributed by atoms with van der Waals surface area (Å²) >= 11 is 5.45. The van der Waals surface area contributed by atoms with E-state index in [0.717, 1.165) is 0 Å². The van der Waals surface area contributed by atoms with Gasteiger partial charge in [0.15, 0.2) is 0 Å². The summed E-state index contributed by atoms with van der Waals surface area (Å²) in [4.78, 5) is 3.80. The van der Waals surface area contributed by atoms with Crippen molar-refractivity contribution in [3.05, 3.63) is 29.6 Å². The fourth-order valence-electron chi connectivity index (χ4n) is 1.14. The SMILES string of the molecule is N#Cc1ccc(C(O)C(O)CCCl)cn1. The third-order valence-electron chi connectivity index (χ3n) is 2.01. The van der Waals surface area contributed by atoms with Crippen LogP contribution in [0.5, 0.6) is 0 Å². The van der Waals surface area contributed by atoms with E-state index in [1.807, 2.05) is 6.07 Å². The lowest BCUT2D eigenvalue weighted by atomic mass is 10.0. The number of pyridine rings is 1. The standard InChI is InChI=1S/C10H11ClN2O2/c11-4-3-9(14)10(15)7-1-2-8(5-12)13-6-7/h1-2,6,9-10,14-15H,3-4H2. The van der Waals surface area contributed by atoms with Crippen molar-refractivity contribution in [1.82, 2.24) is 4.98 Å². The molecule has 2 N–H and O–H groups in total. The number of hydrogen-bond donors (Lipinski definition) is 2. The predicted octanol–water partition coefficient (Wildman–Crippen LogP) is 0.976. The van der Waals surface area contributed by atoms with Crippen molar-refractivity contribution in [2.75, 3.05) is 5.88 Å². The van der Waals surface area contributed by atoms with Crippen molar-refractivity contribution < 1.29 is 10.2 Å². The van der Waals surface area contributed by atoms with E-state index in [4.69, 9.17) is 16.9 Å². The smallest absolute Gasteiger partial charge is 0.140 e. The fourth-order valence-corrected chi connectivity index (χ4v) is 1.36. The van der Waals surface area contributed by atoms with Crippen molar-refractivity contribution in [2.24, 2.45) is 0 Å². The molecule has 1 rings (SSSR count). The molecule has 0 aliphatic carbocycles. The highest BCUT2D eigenvalue weighted by Gasteiger charge is 2.17. The maximum absolute atomic E-state index is 9.65. The highest BCUT2D eigenvalue weighted by Crippen LogP contribution is 2.18. The zero-order valence-electron chi connectivity index (χ0n) is 7.97. The van der Waals surface area contributed by atoms with E-state index in [0.29, 0.717) is 12.0 Å². The second kappa shape index (κ2) is 5.66. The Bertz CT molecular complexity index is 347. The van der Waals surface area contributed by atoms with Gasteiger partial charge in [-0.3, -0.25) is 0 Å². The van der Waals surface area contributed by atoms with Crippen LogP contribution in [0, 0.1) is 11.3 Å². The van der Waals surface area contributed by atoms with E-state index in [1.165, 1.54) is 12.3 Å². The average Bonchev–Trinajstić information content (AvgIpc) is 2.28. The molecule has 0 spiro atoms. The van der Waals surface area contributed by atoms with E-state index < -0.39 is 12.2 Å². The second-order valence-electron chi connectivity index (χ2n) is 3.08. The van der Waals surface area contributed by atoms with Gasteiger partial charge in [-0.1, -0.05) is 6.07 Å². The second-order valence-corrected chi connectivity index (χ2v) is 3.46. The van der Waals surface area contributed by atoms with E-state index in [2.05, 4.69) is 4.98 Å². The van der Waals surface area contributed by atoms with E-state index in [9.17, 15) is 10.2 Å². The molecule has 4 nitrogen and oxygen atoms in total. The molecule has 5 heteroatoms. The minimum atomic E-state index is -1.01. The minimum absolute atomic E-state index is 0.276. The Hall–Kier alpha value is -1.15. The molecule has 2 atom stereocenters. The first-order valence-electron chi connectivity index (χ1n) is 4.47. The maximum atomic E-state index is 9.65. The molecule has 0 amide bonds. The Morgan fingerprint density at radius 1 is 1.47 bits per heavy atom. The number of aromatic nitrogens is 1. The van der Waals surface area contributed by atoms with Gasteiger partial charge in [-0.15, -0.1) is 11.6 Å². The van der Waals surface area contributed by atoms with Gasteiger partial charge in [0.2, 0.25) is 0 Å². The zero-order valence-corrected chi connectivity index (χ0v) is 8.72. The Morgan fingerprint density at radius 3 is 2.67 bits per heavy atom. The first-order chi connectivity index (χ1) is 7.19. The lowest BCUT2D eigenvalue weighted by Gasteiger charge is -2.16. The third kappa shape index (κ3) is 3.17. The predicted molar refractivity (Wildman–Crippen MR) is 55.3 cm³/mol. The van der Waals surface area contributed by atoms with Crippen LogP contribution in [0.2, 0.25) is 0 Å². The quantitative estimate of drug-likeness (QED) is 0.751. The van der Waals surface area contributed by atoms with Crippen LogP contribution >= 0.6 is 11.6 Å². The number of hydrogen-bond acceptors (Lipinski definition) is 4.